The van der Waals surface area contributed by atoms with Gasteiger partial charge in [0.15, 0.2) is 0 Å². The van der Waals surface area contributed by atoms with Gasteiger partial charge in [0.1, 0.15) is 0 Å². The van der Waals surface area contributed by atoms with E-state index in [4.69, 9.17) is 5.11 Å². The van der Waals surface area contributed by atoms with Gasteiger partial charge in [-0.3, -0.25) is 9.59 Å². The molecule has 92 valence electrons. The summed E-state index contributed by atoms with van der Waals surface area (Å²) >= 11 is 1.45. The number of carboxylic acid groups (broad SMARTS) is 1. The summed E-state index contributed by atoms with van der Waals surface area (Å²) in [4.78, 5) is 26.5. The van der Waals surface area contributed by atoms with Gasteiger partial charge in [0.05, 0.1) is 10.8 Å². The van der Waals surface area contributed by atoms with Crippen LogP contribution in [0.15, 0.2) is 12.1 Å². The highest BCUT2D eigenvalue weighted by molar-refractivity contribution is 7.13. The fraction of sp³-hybridized carbons (Fsp3) is 0.500. The molecule has 1 fully saturated rings. The van der Waals surface area contributed by atoms with Crippen LogP contribution in [0.4, 0.5) is 0 Å². The maximum Gasteiger partial charge on any atom is 0.308 e. The number of hydrogen-bond donors (Lipinski definition) is 1. The lowest BCUT2D eigenvalue weighted by Gasteiger charge is -2.14. The number of aliphatic carboxylic acids is 1. The molecular formula is C12H15NO3S. The standard InChI is InChI=1S/C12H15NO3S/c1-7-5-13(6-9(7)12(15)16)11(14)10-4-3-8(2)17-10/h3-4,7,9H,5-6H2,1-2H3,(H,15,16)/t7-,9-/m1/s1. The van der Waals surface area contributed by atoms with E-state index < -0.39 is 11.9 Å². The predicted octanol–water partition coefficient (Wildman–Crippen LogP) is 1.85. The molecule has 0 spiro atoms. The summed E-state index contributed by atoms with van der Waals surface area (Å²) in [6, 6.07) is 3.72. The Morgan fingerprint density at radius 2 is 2.12 bits per heavy atom. The van der Waals surface area contributed by atoms with Gasteiger partial charge in [-0.05, 0) is 25.0 Å². The molecule has 1 aliphatic heterocycles. The van der Waals surface area contributed by atoms with Crippen LogP contribution in [0.3, 0.4) is 0 Å². The molecule has 0 unspecified atom stereocenters. The third-order valence-corrected chi connectivity index (χ3v) is 4.16. The summed E-state index contributed by atoms with van der Waals surface area (Å²) in [6.07, 6.45) is 0. The maximum absolute atomic E-state index is 12.1. The Morgan fingerprint density at radius 3 is 2.59 bits per heavy atom. The molecule has 4 nitrogen and oxygen atoms in total. The fourth-order valence-corrected chi connectivity index (χ4v) is 2.99. The van der Waals surface area contributed by atoms with Gasteiger partial charge in [-0.2, -0.15) is 0 Å². The average Bonchev–Trinajstić information content (AvgIpc) is 2.83. The van der Waals surface area contributed by atoms with E-state index in [1.54, 1.807) is 11.0 Å². The van der Waals surface area contributed by atoms with Gasteiger partial charge in [-0.15, -0.1) is 11.3 Å². The maximum atomic E-state index is 12.1. The minimum absolute atomic E-state index is 0.0255. The first-order chi connectivity index (χ1) is 7.99. The van der Waals surface area contributed by atoms with E-state index in [0.717, 1.165) is 4.88 Å². The van der Waals surface area contributed by atoms with Crippen LogP contribution in [0.5, 0.6) is 0 Å². The molecule has 2 heterocycles. The summed E-state index contributed by atoms with van der Waals surface area (Å²) in [7, 11) is 0. The average molecular weight is 253 g/mol. The van der Waals surface area contributed by atoms with Crippen LogP contribution >= 0.6 is 11.3 Å². The van der Waals surface area contributed by atoms with Crippen molar-refractivity contribution in [2.24, 2.45) is 11.8 Å². The van der Waals surface area contributed by atoms with Gasteiger partial charge in [0.25, 0.3) is 5.91 Å². The number of likely N-dealkylation sites (tertiary alicyclic amines) is 1. The van der Waals surface area contributed by atoms with Crippen molar-refractivity contribution < 1.29 is 14.7 Å². The van der Waals surface area contributed by atoms with Gasteiger partial charge in [-0.1, -0.05) is 6.92 Å². The van der Waals surface area contributed by atoms with Crippen LogP contribution in [0.25, 0.3) is 0 Å². The monoisotopic (exact) mass is 253 g/mol. The van der Waals surface area contributed by atoms with Crippen LogP contribution in [-0.2, 0) is 4.79 Å². The van der Waals surface area contributed by atoms with Gasteiger partial charge in [-0.25, -0.2) is 0 Å². The van der Waals surface area contributed by atoms with Crippen LogP contribution < -0.4 is 0 Å². The normalized spacial score (nSPS) is 24.0. The largest absolute Gasteiger partial charge is 0.481 e. The third kappa shape index (κ3) is 2.34. The van der Waals surface area contributed by atoms with E-state index >= 15 is 0 Å². The molecule has 0 bridgehead atoms. The first-order valence-electron chi connectivity index (χ1n) is 5.57. The van der Waals surface area contributed by atoms with Crippen molar-refractivity contribution in [1.29, 1.82) is 0 Å². The van der Waals surface area contributed by atoms with E-state index in [9.17, 15) is 9.59 Å². The molecule has 1 aromatic rings. The van der Waals surface area contributed by atoms with Crippen LogP contribution in [-0.4, -0.2) is 35.0 Å². The lowest BCUT2D eigenvalue weighted by atomic mass is 9.99. The molecule has 1 N–H and O–H groups in total. The number of carbonyl (C=O) groups excluding carboxylic acids is 1. The predicted molar refractivity (Wildman–Crippen MR) is 65.2 cm³/mol. The first-order valence-corrected chi connectivity index (χ1v) is 6.39. The number of carbonyl (C=O) groups is 2. The Bertz CT molecular complexity index is 454. The molecule has 1 aromatic heterocycles. The van der Waals surface area contributed by atoms with Crippen molar-refractivity contribution in [1.82, 2.24) is 4.90 Å². The van der Waals surface area contributed by atoms with Crippen molar-refractivity contribution in [3.05, 3.63) is 21.9 Å². The Kier molecular flexibility index (Phi) is 3.19. The second-order valence-corrected chi connectivity index (χ2v) is 5.83. The zero-order chi connectivity index (χ0) is 12.6. The molecule has 1 amide bonds. The van der Waals surface area contributed by atoms with Crippen molar-refractivity contribution >= 4 is 23.2 Å². The Hall–Kier alpha value is -1.36. The molecule has 2 atom stereocenters. The zero-order valence-electron chi connectivity index (χ0n) is 9.84. The number of hydrogen-bond acceptors (Lipinski definition) is 3. The molecule has 5 heteroatoms. The number of nitrogens with zero attached hydrogens (tertiary/aromatic N) is 1. The van der Waals surface area contributed by atoms with Crippen molar-refractivity contribution in [2.75, 3.05) is 13.1 Å². The summed E-state index contributed by atoms with van der Waals surface area (Å²) < 4.78 is 0. The summed E-state index contributed by atoms with van der Waals surface area (Å²) in [5, 5.41) is 9.02. The first kappa shape index (κ1) is 12.1. The van der Waals surface area contributed by atoms with Gasteiger partial charge in [0.2, 0.25) is 0 Å². The number of thiophene rings is 1. The molecule has 1 saturated heterocycles. The van der Waals surface area contributed by atoms with Gasteiger partial charge in [0, 0.05) is 18.0 Å². The minimum Gasteiger partial charge on any atom is -0.481 e. The van der Waals surface area contributed by atoms with Crippen molar-refractivity contribution in [3.8, 4) is 0 Å². The van der Waals surface area contributed by atoms with E-state index in [0.29, 0.717) is 18.0 Å². The summed E-state index contributed by atoms with van der Waals surface area (Å²) in [5.74, 6) is -1.26. The number of amides is 1. The fourth-order valence-electron chi connectivity index (χ4n) is 2.16. The lowest BCUT2D eigenvalue weighted by Crippen LogP contribution is -2.29. The smallest absolute Gasteiger partial charge is 0.308 e. The van der Waals surface area contributed by atoms with Crippen LogP contribution in [0.1, 0.15) is 21.5 Å². The second-order valence-electron chi connectivity index (χ2n) is 4.54. The van der Waals surface area contributed by atoms with E-state index in [1.165, 1.54) is 11.3 Å². The quantitative estimate of drug-likeness (QED) is 0.875. The molecule has 17 heavy (non-hydrogen) atoms. The summed E-state index contributed by atoms with van der Waals surface area (Å²) in [6.45, 7) is 4.69. The molecule has 0 aliphatic carbocycles. The minimum atomic E-state index is -0.810. The van der Waals surface area contributed by atoms with Crippen LogP contribution in [0, 0.1) is 18.8 Å². The Morgan fingerprint density at radius 1 is 1.41 bits per heavy atom. The summed E-state index contributed by atoms with van der Waals surface area (Å²) in [5.41, 5.74) is 0. The SMILES string of the molecule is Cc1ccc(C(=O)N2C[C@@H](C)[C@H](C(=O)O)C2)s1. The zero-order valence-corrected chi connectivity index (χ0v) is 10.7. The number of carboxylic acids is 1. The van der Waals surface area contributed by atoms with E-state index in [2.05, 4.69) is 0 Å². The molecule has 0 aromatic carbocycles. The lowest BCUT2D eigenvalue weighted by molar-refractivity contribution is -0.142. The van der Waals surface area contributed by atoms with Gasteiger partial charge < -0.3 is 10.0 Å². The number of rotatable bonds is 2. The number of aryl methyl sites for hydroxylation is 1. The molecule has 1 aliphatic rings. The second kappa shape index (κ2) is 4.49. The molecule has 2 rings (SSSR count). The Labute approximate surface area is 104 Å². The van der Waals surface area contributed by atoms with Crippen LogP contribution in [0.2, 0.25) is 0 Å². The molecule has 0 saturated carbocycles. The van der Waals surface area contributed by atoms with E-state index in [-0.39, 0.29) is 11.8 Å². The van der Waals surface area contributed by atoms with Gasteiger partial charge >= 0.3 is 5.97 Å². The topological polar surface area (TPSA) is 57.6 Å². The van der Waals surface area contributed by atoms with E-state index in [1.807, 2.05) is 19.9 Å². The third-order valence-electron chi connectivity index (χ3n) is 3.17. The Balaban J connectivity index is 2.10. The highest BCUT2D eigenvalue weighted by atomic mass is 32.1. The van der Waals surface area contributed by atoms with Crippen molar-refractivity contribution in [2.45, 2.75) is 13.8 Å². The molecule has 0 radical (unpaired) electrons. The van der Waals surface area contributed by atoms with Crippen molar-refractivity contribution in [3.63, 3.8) is 0 Å². The molecular weight excluding hydrogens is 238 g/mol. The highest BCUT2D eigenvalue weighted by Gasteiger charge is 2.37. The highest BCUT2D eigenvalue weighted by Crippen LogP contribution is 2.26.